The summed E-state index contributed by atoms with van der Waals surface area (Å²) < 4.78 is 0. The third-order valence-corrected chi connectivity index (χ3v) is 3.50. The minimum atomic E-state index is -0.00315. The molecule has 16 heavy (non-hydrogen) atoms. The van der Waals surface area contributed by atoms with Gasteiger partial charge in [-0.25, -0.2) is 5.10 Å². The van der Waals surface area contributed by atoms with E-state index in [2.05, 4.69) is 24.0 Å². The first kappa shape index (κ1) is 13.3. The van der Waals surface area contributed by atoms with E-state index in [0.717, 1.165) is 29.2 Å². The van der Waals surface area contributed by atoms with Crippen LogP contribution in [0.3, 0.4) is 0 Å². The predicted octanol–water partition coefficient (Wildman–Crippen LogP) is 2.71. The second-order valence-electron chi connectivity index (χ2n) is 3.85. The van der Waals surface area contributed by atoms with Crippen LogP contribution < -0.4 is 5.56 Å². The molecule has 3 nitrogen and oxygen atoms in total. The van der Waals surface area contributed by atoms with Gasteiger partial charge in [-0.3, -0.25) is 4.79 Å². The van der Waals surface area contributed by atoms with E-state index in [1.165, 1.54) is 5.56 Å². The second-order valence-corrected chi connectivity index (χ2v) is 4.96. The summed E-state index contributed by atoms with van der Waals surface area (Å²) in [4.78, 5) is 11.5. The molecule has 0 unspecified atom stereocenters. The zero-order valence-electron chi connectivity index (χ0n) is 10.5. The summed E-state index contributed by atoms with van der Waals surface area (Å²) in [6.07, 6.45) is 0.991. The van der Waals surface area contributed by atoms with Gasteiger partial charge in [0.25, 0.3) is 5.56 Å². The minimum absolute atomic E-state index is 0.00315. The molecule has 90 valence electrons. The van der Waals surface area contributed by atoms with Crippen LogP contribution in [-0.4, -0.2) is 16.0 Å². The maximum absolute atomic E-state index is 11.5. The minimum Gasteiger partial charge on any atom is -0.268 e. The number of hydrogen-bond acceptors (Lipinski definition) is 3. The summed E-state index contributed by atoms with van der Waals surface area (Å²) in [6.45, 7) is 8.23. The molecule has 0 atom stereocenters. The van der Waals surface area contributed by atoms with Crippen molar-refractivity contribution in [2.75, 3.05) is 5.75 Å². The summed E-state index contributed by atoms with van der Waals surface area (Å²) in [7, 11) is 0. The molecule has 2 heterocycles. The summed E-state index contributed by atoms with van der Waals surface area (Å²) in [6, 6.07) is 0. The van der Waals surface area contributed by atoms with Gasteiger partial charge in [0, 0.05) is 11.3 Å². The smallest absolute Gasteiger partial charge is 0.268 e. The van der Waals surface area contributed by atoms with Crippen molar-refractivity contribution in [3.63, 3.8) is 0 Å². The molecule has 1 aromatic rings. The first-order valence-corrected chi connectivity index (χ1v) is 7.03. The van der Waals surface area contributed by atoms with Crippen molar-refractivity contribution in [2.24, 2.45) is 0 Å². The number of aromatic nitrogens is 2. The molecule has 0 aromatic carbocycles. The highest BCUT2D eigenvalue weighted by atomic mass is 32.2. The Hall–Kier alpha value is -0.770. The van der Waals surface area contributed by atoms with Crippen molar-refractivity contribution in [1.29, 1.82) is 0 Å². The Morgan fingerprint density at radius 2 is 2.00 bits per heavy atom. The highest BCUT2D eigenvalue weighted by Crippen LogP contribution is 2.26. The van der Waals surface area contributed by atoms with E-state index in [4.69, 9.17) is 0 Å². The number of aromatic amines is 1. The Morgan fingerprint density at radius 1 is 1.31 bits per heavy atom. The Bertz CT molecular complexity index is 398. The van der Waals surface area contributed by atoms with E-state index in [1.54, 1.807) is 0 Å². The number of thioether (sulfide) groups is 1. The maximum atomic E-state index is 11.5. The van der Waals surface area contributed by atoms with Crippen molar-refractivity contribution in [2.45, 2.75) is 45.8 Å². The van der Waals surface area contributed by atoms with Crippen molar-refractivity contribution in [1.82, 2.24) is 10.2 Å². The molecule has 0 saturated carbocycles. The number of nitrogens with one attached hydrogen (secondary N) is 1. The number of fused-ring (bicyclic) bond motifs is 1. The van der Waals surface area contributed by atoms with E-state index in [0.29, 0.717) is 5.92 Å². The summed E-state index contributed by atoms with van der Waals surface area (Å²) >= 11 is 1.82. The molecule has 1 aromatic heterocycles. The topological polar surface area (TPSA) is 45.8 Å². The number of H-pyrrole nitrogens is 1. The number of rotatable bonds is 1. The normalized spacial score (nSPS) is 14.1. The lowest BCUT2D eigenvalue weighted by Crippen LogP contribution is -2.23. The van der Waals surface area contributed by atoms with Gasteiger partial charge in [-0.05, 0) is 23.7 Å². The largest absolute Gasteiger partial charge is 0.268 e. The van der Waals surface area contributed by atoms with Crippen LogP contribution in [0.1, 0.15) is 50.4 Å². The first-order valence-electron chi connectivity index (χ1n) is 5.88. The molecular formula is C12H20N2OS. The lowest BCUT2D eigenvalue weighted by Gasteiger charge is -2.18. The Labute approximate surface area is 101 Å². The van der Waals surface area contributed by atoms with Crippen LogP contribution in [0.4, 0.5) is 0 Å². The van der Waals surface area contributed by atoms with Crippen LogP contribution in [0.5, 0.6) is 0 Å². The fourth-order valence-electron chi connectivity index (χ4n) is 1.80. The van der Waals surface area contributed by atoms with E-state index >= 15 is 0 Å². The fourth-order valence-corrected chi connectivity index (χ4v) is 2.80. The van der Waals surface area contributed by atoms with Crippen molar-refractivity contribution in [3.8, 4) is 0 Å². The average Bonchev–Trinajstić information content (AvgIpc) is 2.32. The monoisotopic (exact) mass is 240 g/mol. The Morgan fingerprint density at radius 3 is 2.62 bits per heavy atom. The van der Waals surface area contributed by atoms with Crippen LogP contribution >= 0.6 is 11.8 Å². The zero-order valence-corrected chi connectivity index (χ0v) is 11.3. The molecule has 0 spiro atoms. The molecule has 1 aliphatic heterocycles. The molecular weight excluding hydrogens is 220 g/mol. The molecule has 0 amide bonds. The number of nitrogens with zero attached hydrogens (tertiary/aromatic N) is 1. The van der Waals surface area contributed by atoms with Crippen LogP contribution in [0.25, 0.3) is 0 Å². The quantitative estimate of drug-likeness (QED) is 0.821. The van der Waals surface area contributed by atoms with Gasteiger partial charge >= 0.3 is 0 Å². The first-order chi connectivity index (χ1) is 7.70. The van der Waals surface area contributed by atoms with Gasteiger partial charge in [0.1, 0.15) is 0 Å². The van der Waals surface area contributed by atoms with E-state index in [-0.39, 0.29) is 5.56 Å². The van der Waals surface area contributed by atoms with E-state index in [9.17, 15) is 4.79 Å². The van der Waals surface area contributed by atoms with Gasteiger partial charge in [0.15, 0.2) is 0 Å². The summed E-state index contributed by atoms with van der Waals surface area (Å²) in [5.41, 5.74) is 3.21. The van der Waals surface area contributed by atoms with Gasteiger partial charge in [0.05, 0.1) is 5.69 Å². The molecule has 2 rings (SSSR count). The van der Waals surface area contributed by atoms with Crippen LogP contribution in [-0.2, 0) is 12.2 Å². The maximum Gasteiger partial charge on any atom is 0.268 e. The van der Waals surface area contributed by atoms with Gasteiger partial charge in [-0.2, -0.15) is 16.9 Å². The lowest BCUT2D eigenvalue weighted by atomic mass is 9.99. The number of hydrogen-bond donors (Lipinski definition) is 1. The molecule has 0 saturated heterocycles. The highest BCUT2D eigenvalue weighted by Gasteiger charge is 2.19. The van der Waals surface area contributed by atoms with Crippen LogP contribution in [0, 0.1) is 0 Å². The summed E-state index contributed by atoms with van der Waals surface area (Å²) in [5.74, 6) is 2.34. The molecule has 0 bridgehead atoms. The van der Waals surface area contributed by atoms with Crippen LogP contribution in [0.15, 0.2) is 4.79 Å². The van der Waals surface area contributed by atoms with E-state index < -0.39 is 0 Å². The van der Waals surface area contributed by atoms with Crippen LogP contribution in [0.2, 0.25) is 0 Å². The molecule has 0 aliphatic carbocycles. The average molecular weight is 240 g/mol. The van der Waals surface area contributed by atoms with Gasteiger partial charge in [-0.15, -0.1) is 0 Å². The third kappa shape index (κ3) is 2.67. The van der Waals surface area contributed by atoms with Gasteiger partial charge in [-0.1, -0.05) is 27.7 Å². The second kappa shape index (κ2) is 6.09. The lowest BCUT2D eigenvalue weighted by molar-refractivity contribution is 0.744. The molecule has 1 aliphatic rings. The summed E-state index contributed by atoms with van der Waals surface area (Å²) in [5, 5.41) is 6.73. The SMILES string of the molecule is CC.CC(C)c1n[nH]c(=O)c2c1CCSC2. The Balaban J connectivity index is 0.000000606. The standard InChI is InChI=1S/C10H14N2OS.C2H6/c1-6(2)9-7-3-4-14-5-8(7)10(13)12-11-9;1-2/h6H,3-5H2,1-2H3,(H,12,13);1-2H3. The van der Waals surface area contributed by atoms with Crippen molar-refractivity contribution < 1.29 is 0 Å². The molecule has 0 fully saturated rings. The van der Waals surface area contributed by atoms with Gasteiger partial charge < -0.3 is 0 Å². The van der Waals surface area contributed by atoms with Crippen molar-refractivity contribution >= 4 is 11.8 Å². The van der Waals surface area contributed by atoms with E-state index in [1.807, 2.05) is 25.6 Å². The molecule has 1 N–H and O–H groups in total. The predicted molar refractivity (Wildman–Crippen MR) is 70.2 cm³/mol. The zero-order chi connectivity index (χ0) is 12.1. The third-order valence-electron chi connectivity index (χ3n) is 2.52. The fraction of sp³-hybridized carbons (Fsp3) is 0.667. The van der Waals surface area contributed by atoms with Gasteiger partial charge in [0.2, 0.25) is 0 Å². The highest BCUT2D eigenvalue weighted by molar-refractivity contribution is 7.98. The molecule has 0 radical (unpaired) electrons. The van der Waals surface area contributed by atoms with Crippen molar-refractivity contribution in [3.05, 3.63) is 27.2 Å². The Kier molecular flexibility index (Phi) is 5.06. The molecule has 4 heteroatoms.